The first-order valence-electron chi connectivity index (χ1n) is 8.80. The number of carbonyl (C=O) groups is 2. The second kappa shape index (κ2) is 9.53. The topological polar surface area (TPSA) is 61.4 Å². The summed E-state index contributed by atoms with van der Waals surface area (Å²) >= 11 is 6.74. The lowest BCUT2D eigenvalue weighted by Crippen LogP contribution is -2.25. The number of para-hydroxylation sites is 2. The Balaban J connectivity index is 1.59. The molecular weight excluding hydrogens is 378 g/mol. The Hall–Kier alpha value is -2.38. The van der Waals surface area contributed by atoms with E-state index in [-0.39, 0.29) is 17.6 Å². The molecule has 5 nitrogen and oxygen atoms in total. The molecule has 0 aliphatic carbocycles. The van der Waals surface area contributed by atoms with Gasteiger partial charge in [0.2, 0.25) is 5.91 Å². The number of hydrogen-bond acceptors (Lipinski definition) is 4. The molecule has 1 saturated heterocycles. The number of amides is 2. The van der Waals surface area contributed by atoms with Gasteiger partial charge in [0.15, 0.2) is 0 Å². The molecule has 1 heterocycles. The maximum Gasteiger partial charge on any atom is 0.257 e. The summed E-state index contributed by atoms with van der Waals surface area (Å²) in [6.45, 7) is 1.94. The van der Waals surface area contributed by atoms with Gasteiger partial charge in [-0.15, -0.1) is 0 Å². The summed E-state index contributed by atoms with van der Waals surface area (Å²) in [4.78, 5) is 27.0. The molecule has 0 aromatic heterocycles. The SMILES string of the molecule is O=C(CSC(=S)N1CCCC1)Nc1ccccc1C(=O)Nc1ccccc1. The standard InChI is InChI=1S/C20H21N3O2S2/c24-18(14-27-20(26)23-12-6-7-13-23)22-17-11-5-4-10-16(17)19(25)21-15-8-2-1-3-9-15/h1-5,8-11H,6-7,12-14H2,(H,21,25)(H,22,24). The van der Waals surface area contributed by atoms with Gasteiger partial charge in [0.05, 0.1) is 17.0 Å². The summed E-state index contributed by atoms with van der Waals surface area (Å²) in [5, 5.41) is 5.66. The van der Waals surface area contributed by atoms with Crippen molar-refractivity contribution in [2.45, 2.75) is 12.8 Å². The van der Waals surface area contributed by atoms with E-state index in [0.717, 1.165) is 30.3 Å². The minimum absolute atomic E-state index is 0.179. The number of benzene rings is 2. The Bertz CT molecular complexity index is 821. The number of thiocarbonyl (C=S) groups is 1. The normalized spacial score (nSPS) is 13.3. The number of hydrogen-bond donors (Lipinski definition) is 2. The Kier molecular flexibility index (Phi) is 6.84. The minimum Gasteiger partial charge on any atom is -0.358 e. The zero-order valence-electron chi connectivity index (χ0n) is 14.8. The molecule has 0 spiro atoms. The van der Waals surface area contributed by atoms with Gasteiger partial charge in [-0.25, -0.2) is 0 Å². The van der Waals surface area contributed by atoms with Gasteiger partial charge >= 0.3 is 0 Å². The van der Waals surface area contributed by atoms with Crippen LogP contribution in [0.25, 0.3) is 0 Å². The Labute approximate surface area is 168 Å². The van der Waals surface area contributed by atoms with Crippen LogP contribution in [-0.4, -0.2) is 39.9 Å². The number of likely N-dealkylation sites (tertiary alicyclic amines) is 1. The number of anilines is 2. The van der Waals surface area contributed by atoms with Gasteiger partial charge < -0.3 is 15.5 Å². The van der Waals surface area contributed by atoms with Crippen molar-refractivity contribution < 1.29 is 9.59 Å². The lowest BCUT2D eigenvalue weighted by molar-refractivity contribution is -0.113. The first-order chi connectivity index (χ1) is 13.1. The number of carbonyl (C=O) groups excluding carboxylic acids is 2. The van der Waals surface area contributed by atoms with E-state index < -0.39 is 0 Å². The van der Waals surface area contributed by atoms with E-state index in [1.54, 1.807) is 24.3 Å². The fourth-order valence-electron chi connectivity index (χ4n) is 2.81. The van der Waals surface area contributed by atoms with E-state index in [1.807, 2.05) is 30.3 Å². The van der Waals surface area contributed by atoms with Crippen LogP contribution in [0.2, 0.25) is 0 Å². The number of thioether (sulfide) groups is 1. The first kappa shape index (κ1) is 19.4. The molecule has 140 valence electrons. The predicted molar refractivity (Wildman–Crippen MR) is 115 cm³/mol. The number of rotatable bonds is 5. The van der Waals surface area contributed by atoms with Crippen molar-refractivity contribution in [1.29, 1.82) is 0 Å². The van der Waals surface area contributed by atoms with Crippen molar-refractivity contribution >= 4 is 51.5 Å². The van der Waals surface area contributed by atoms with E-state index in [0.29, 0.717) is 16.9 Å². The molecule has 1 aliphatic heterocycles. The third kappa shape index (κ3) is 5.55. The maximum atomic E-state index is 12.6. The Morgan fingerprint density at radius 2 is 1.63 bits per heavy atom. The van der Waals surface area contributed by atoms with Gasteiger partial charge in [-0.2, -0.15) is 0 Å². The van der Waals surface area contributed by atoms with E-state index in [1.165, 1.54) is 11.8 Å². The third-order valence-corrected chi connectivity index (χ3v) is 5.69. The first-order valence-corrected chi connectivity index (χ1v) is 10.2. The monoisotopic (exact) mass is 399 g/mol. The molecule has 0 saturated carbocycles. The van der Waals surface area contributed by atoms with Gasteiger partial charge in [-0.05, 0) is 37.1 Å². The highest BCUT2D eigenvalue weighted by Crippen LogP contribution is 2.19. The summed E-state index contributed by atoms with van der Waals surface area (Å²) < 4.78 is 0.762. The van der Waals surface area contributed by atoms with Crippen molar-refractivity contribution in [3.63, 3.8) is 0 Å². The molecule has 0 atom stereocenters. The maximum absolute atomic E-state index is 12.6. The molecule has 2 amide bonds. The lowest BCUT2D eigenvalue weighted by Gasteiger charge is -2.17. The van der Waals surface area contributed by atoms with Crippen LogP contribution in [-0.2, 0) is 4.79 Å². The molecule has 2 N–H and O–H groups in total. The summed E-state index contributed by atoms with van der Waals surface area (Å²) in [5.74, 6) is -0.219. The summed E-state index contributed by atoms with van der Waals surface area (Å²) in [6, 6.07) is 16.2. The molecule has 0 radical (unpaired) electrons. The molecule has 0 bridgehead atoms. The molecule has 7 heteroatoms. The lowest BCUT2D eigenvalue weighted by atomic mass is 10.1. The quantitative estimate of drug-likeness (QED) is 0.745. The van der Waals surface area contributed by atoms with Crippen LogP contribution in [0.4, 0.5) is 11.4 Å². The van der Waals surface area contributed by atoms with E-state index in [2.05, 4.69) is 15.5 Å². The van der Waals surface area contributed by atoms with E-state index in [4.69, 9.17) is 12.2 Å². The van der Waals surface area contributed by atoms with Crippen LogP contribution in [0.5, 0.6) is 0 Å². The van der Waals surface area contributed by atoms with Crippen LogP contribution < -0.4 is 10.6 Å². The van der Waals surface area contributed by atoms with Crippen LogP contribution in [0.1, 0.15) is 23.2 Å². The molecule has 2 aromatic rings. The van der Waals surface area contributed by atoms with Crippen LogP contribution in [0.3, 0.4) is 0 Å². The number of nitrogens with one attached hydrogen (secondary N) is 2. The molecule has 27 heavy (non-hydrogen) atoms. The average molecular weight is 400 g/mol. The highest BCUT2D eigenvalue weighted by molar-refractivity contribution is 8.23. The summed E-state index contributed by atoms with van der Waals surface area (Å²) in [5.41, 5.74) is 1.61. The van der Waals surface area contributed by atoms with Crippen molar-refractivity contribution in [2.75, 3.05) is 29.5 Å². The Morgan fingerprint density at radius 3 is 2.37 bits per heavy atom. The zero-order valence-corrected chi connectivity index (χ0v) is 16.4. The fourth-order valence-corrected chi connectivity index (χ4v) is 3.87. The smallest absolute Gasteiger partial charge is 0.257 e. The molecule has 1 fully saturated rings. The van der Waals surface area contributed by atoms with Gasteiger partial charge in [-0.3, -0.25) is 9.59 Å². The van der Waals surface area contributed by atoms with Gasteiger partial charge in [-0.1, -0.05) is 54.3 Å². The van der Waals surface area contributed by atoms with Crippen LogP contribution in [0.15, 0.2) is 54.6 Å². The zero-order chi connectivity index (χ0) is 19.1. The van der Waals surface area contributed by atoms with Gasteiger partial charge in [0.25, 0.3) is 5.91 Å². The highest BCUT2D eigenvalue weighted by atomic mass is 32.2. The van der Waals surface area contributed by atoms with Crippen molar-refractivity contribution in [3.8, 4) is 0 Å². The fraction of sp³-hybridized carbons (Fsp3) is 0.250. The second-order valence-corrected chi connectivity index (χ2v) is 7.77. The summed E-state index contributed by atoms with van der Waals surface area (Å²) in [7, 11) is 0. The van der Waals surface area contributed by atoms with Crippen molar-refractivity contribution in [2.24, 2.45) is 0 Å². The molecule has 2 aromatic carbocycles. The molecule has 1 aliphatic rings. The molecular formula is C20H21N3O2S2. The van der Waals surface area contributed by atoms with E-state index in [9.17, 15) is 9.59 Å². The Morgan fingerprint density at radius 1 is 0.963 bits per heavy atom. The van der Waals surface area contributed by atoms with E-state index >= 15 is 0 Å². The van der Waals surface area contributed by atoms with Crippen LogP contribution >= 0.6 is 24.0 Å². The average Bonchev–Trinajstić information content (AvgIpc) is 3.22. The number of nitrogens with zero attached hydrogens (tertiary/aromatic N) is 1. The van der Waals surface area contributed by atoms with Crippen molar-refractivity contribution in [1.82, 2.24) is 4.90 Å². The molecule has 0 unspecified atom stereocenters. The minimum atomic E-state index is -0.266. The van der Waals surface area contributed by atoms with Gasteiger partial charge in [0, 0.05) is 18.8 Å². The molecule has 3 rings (SSSR count). The van der Waals surface area contributed by atoms with Crippen LogP contribution in [0, 0.1) is 0 Å². The highest BCUT2D eigenvalue weighted by Gasteiger charge is 2.17. The summed E-state index contributed by atoms with van der Waals surface area (Å²) in [6.07, 6.45) is 2.30. The van der Waals surface area contributed by atoms with Gasteiger partial charge in [0.1, 0.15) is 4.32 Å². The predicted octanol–water partition coefficient (Wildman–Crippen LogP) is 3.99. The largest absolute Gasteiger partial charge is 0.358 e. The second-order valence-electron chi connectivity index (χ2n) is 6.16. The van der Waals surface area contributed by atoms with Crippen molar-refractivity contribution in [3.05, 3.63) is 60.2 Å². The third-order valence-electron chi connectivity index (χ3n) is 4.17.